The van der Waals surface area contributed by atoms with E-state index in [9.17, 15) is 13.6 Å². The summed E-state index contributed by atoms with van der Waals surface area (Å²) >= 11 is 0. The Balaban J connectivity index is 2.08. The molecule has 0 aliphatic heterocycles. The van der Waals surface area contributed by atoms with Crippen LogP contribution in [0.1, 0.15) is 5.56 Å². The maximum absolute atomic E-state index is 13.1. The highest BCUT2D eigenvalue weighted by molar-refractivity contribution is 6.00. The molecule has 0 radical (unpaired) electrons. The second-order valence-electron chi connectivity index (χ2n) is 4.06. The second-order valence-corrected chi connectivity index (χ2v) is 4.06. The number of amides is 2. The molecule has 0 unspecified atom stereocenters. The molecule has 2 rings (SSSR count). The summed E-state index contributed by atoms with van der Waals surface area (Å²) in [6.45, 7) is -0.810. The van der Waals surface area contributed by atoms with Crippen LogP contribution in [-0.2, 0) is 6.67 Å². The van der Waals surface area contributed by atoms with Crippen LogP contribution < -0.4 is 10.6 Å². The van der Waals surface area contributed by atoms with Gasteiger partial charge in [0.1, 0.15) is 18.2 Å². The van der Waals surface area contributed by atoms with Crippen molar-refractivity contribution in [1.29, 1.82) is 0 Å². The van der Waals surface area contributed by atoms with Crippen LogP contribution in [-0.4, -0.2) is 11.1 Å². The number of carbonyl (C=O) groups excluding carboxylic acids is 1. The van der Waals surface area contributed by atoms with Crippen LogP contribution in [0.2, 0.25) is 0 Å². The SMILES string of the molecule is O=C(Nc1ccc(O)cc1)Nc1cc(F)ccc1CF. The standard InChI is InChI=1S/C14H12F2N2O2/c15-8-9-1-2-10(16)7-13(9)18-14(20)17-11-3-5-12(19)6-4-11/h1-7,19H,8H2,(H2,17,18,20). The number of hydrogen-bond acceptors (Lipinski definition) is 2. The monoisotopic (exact) mass is 278 g/mol. The summed E-state index contributed by atoms with van der Waals surface area (Å²) in [6, 6.07) is 8.62. The van der Waals surface area contributed by atoms with Gasteiger partial charge in [-0.2, -0.15) is 0 Å². The normalized spacial score (nSPS) is 10.1. The maximum Gasteiger partial charge on any atom is 0.323 e. The number of urea groups is 1. The summed E-state index contributed by atoms with van der Waals surface area (Å²) in [4.78, 5) is 11.7. The third kappa shape index (κ3) is 3.44. The Kier molecular flexibility index (Phi) is 4.14. The predicted octanol–water partition coefficient (Wildman–Crippen LogP) is 3.64. The van der Waals surface area contributed by atoms with Gasteiger partial charge in [0.2, 0.25) is 0 Å². The lowest BCUT2D eigenvalue weighted by molar-refractivity contribution is 0.262. The van der Waals surface area contributed by atoms with E-state index in [4.69, 9.17) is 5.11 Å². The third-order valence-electron chi connectivity index (χ3n) is 2.59. The molecule has 20 heavy (non-hydrogen) atoms. The molecule has 0 atom stereocenters. The van der Waals surface area contributed by atoms with Gasteiger partial charge in [0, 0.05) is 11.3 Å². The van der Waals surface area contributed by atoms with E-state index in [0.29, 0.717) is 5.69 Å². The number of rotatable bonds is 3. The smallest absolute Gasteiger partial charge is 0.323 e. The topological polar surface area (TPSA) is 61.4 Å². The number of carbonyl (C=O) groups is 1. The fraction of sp³-hybridized carbons (Fsp3) is 0.0714. The minimum atomic E-state index is -0.810. The van der Waals surface area contributed by atoms with Crippen molar-refractivity contribution in [3.63, 3.8) is 0 Å². The molecule has 0 aromatic heterocycles. The zero-order valence-electron chi connectivity index (χ0n) is 10.4. The Morgan fingerprint density at radius 2 is 1.80 bits per heavy atom. The fourth-order valence-corrected chi connectivity index (χ4v) is 1.61. The minimum absolute atomic E-state index is 0.0702. The van der Waals surface area contributed by atoms with E-state index in [1.54, 1.807) is 0 Å². The van der Waals surface area contributed by atoms with Crippen molar-refractivity contribution in [3.8, 4) is 5.75 Å². The molecular formula is C14H12F2N2O2. The van der Waals surface area contributed by atoms with Gasteiger partial charge in [-0.3, -0.25) is 0 Å². The molecule has 3 N–H and O–H groups in total. The van der Waals surface area contributed by atoms with Gasteiger partial charge in [-0.05, 0) is 36.4 Å². The van der Waals surface area contributed by atoms with Gasteiger partial charge in [-0.15, -0.1) is 0 Å². The first kappa shape index (κ1) is 13.8. The summed E-state index contributed by atoms with van der Waals surface area (Å²) in [5.74, 6) is -0.497. The highest BCUT2D eigenvalue weighted by Gasteiger charge is 2.08. The zero-order valence-corrected chi connectivity index (χ0v) is 10.4. The van der Waals surface area contributed by atoms with Crippen LogP contribution >= 0.6 is 0 Å². The van der Waals surface area contributed by atoms with Crippen molar-refractivity contribution >= 4 is 17.4 Å². The third-order valence-corrected chi connectivity index (χ3v) is 2.59. The van der Waals surface area contributed by atoms with Gasteiger partial charge in [0.15, 0.2) is 0 Å². The molecule has 0 bridgehead atoms. The van der Waals surface area contributed by atoms with E-state index >= 15 is 0 Å². The lowest BCUT2D eigenvalue weighted by Crippen LogP contribution is -2.20. The second kappa shape index (κ2) is 6.01. The van der Waals surface area contributed by atoms with Gasteiger partial charge in [0.25, 0.3) is 0 Å². The van der Waals surface area contributed by atoms with E-state index in [2.05, 4.69) is 10.6 Å². The number of aromatic hydroxyl groups is 1. The van der Waals surface area contributed by atoms with Crippen LogP contribution in [0.5, 0.6) is 5.75 Å². The fourth-order valence-electron chi connectivity index (χ4n) is 1.61. The zero-order chi connectivity index (χ0) is 14.5. The molecule has 2 amide bonds. The molecule has 0 spiro atoms. The van der Waals surface area contributed by atoms with Gasteiger partial charge >= 0.3 is 6.03 Å². The molecule has 0 fully saturated rings. The molecule has 0 saturated heterocycles. The highest BCUT2D eigenvalue weighted by Crippen LogP contribution is 2.19. The Morgan fingerprint density at radius 3 is 2.45 bits per heavy atom. The number of anilines is 2. The summed E-state index contributed by atoms with van der Waals surface area (Å²) in [6.07, 6.45) is 0. The quantitative estimate of drug-likeness (QED) is 0.750. The van der Waals surface area contributed by atoms with Crippen LogP contribution in [0, 0.1) is 5.82 Å². The molecular weight excluding hydrogens is 266 g/mol. The predicted molar refractivity (Wildman–Crippen MR) is 72.0 cm³/mol. The van der Waals surface area contributed by atoms with Crippen molar-refractivity contribution in [2.45, 2.75) is 6.67 Å². The Hall–Kier alpha value is -2.63. The minimum Gasteiger partial charge on any atom is -0.508 e. The van der Waals surface area contributed by atoms with Crippen LogP contribution in [0.4, 0.5) is 25.0 Å². The van der Waals surface area contributed by atoms with Gasteiger partial charge in [-0.1, -0.05) is 6.07 Å². The van der Waals surface area contributed by atoms with E-state index < -0.39 is 18.5 Å². The summed E-state index contributed by atoms with van der Waals surface area (Å²) in [7, 11) is 0. The Morgan fingerprint density at radius 1 is 1.10 bits per heavy atom. The molecule has 2 aromatic carbocycles. The van der Waals surface area contributed by atoms with Crippen molar-refractivity contribution in [2.24, 2.45) is 0 Å². The van der Waals surface area contributed by atoms with Crippen molar-refractivity contribution in [2.75, 3.05) is 10.6 Å². The molecule has 104 valence electrons. The first-order valence-electron chi connectivity index (χ1n) is 5.80. The Bertz CT molecular complexity index is 615. The molecule has 0 saturated carbocycles. The molecule has 0 aliphatic rings. The van der Waals surface area contributed by atoms with Gasteiger partial charge in [-0.25, -0.2) is 13.6 Å². The van der Waals surface area contributed by atoms with Crippen molar-refractivity contribution < 1.29 is 18.7 Å². The van der Waals surface area contributed by atoms with Gasteiger partial charge < -0.3 is 15.7 Å². The maximum atomic E-state index is 13.1. The summed E-state index contributed by atoms with van der Waals surface area (Å²) in [5.41, 5.74) is 0.703. The number of hydrogen-bond donors (Lipinski definition) is 3. The molecule has 2 aromatic rings. The van der Waals surface area contributed by atoms with Crippen molar-refractivity contribution in [3.05, 3.63) is 53.8 Å². The lowest BCUT2D eigenvalue weighted by atomic mass is 10.2. The first-order valence-corrected chi connectivity index (χ1v) is 5.80. The number of halogens is 2. The summed E-state index contributed by atoms with van der Waals surface area (Å²) in [5, 5.41) is 14.0. The highest BCUT2D eigenvalue weighted by atomic mass is 19.1. The van der Waals surface area contributed by atoms with Gasteiger partial charge in [0.05, 0.1) is 5.69 Å². The van der Waals surface area contributed by atoms with E-state index in [1.165, 1.54) is 30.3 Å². The van der Waals surface area contributed by atoms with E-state index in [-0.39, 0.29) is 17.0 Å². The molecule has 0 aliphatic carbocycles. The average Bonchev–Trinajstić information content (AvgIpc) is 2.41. The number of phenolic OH excluding ortho intramolecular Hbond substituents is 1. The number of benzene rings is 2. The Labute approximate surface area is 114 Å². The molecule has 4 nitrogen and oxygen atoms in total. The first-order chi connectivity index (χ1) is 9.58. The van der Waals surface area contributed by atoms with Crippen molar-refractivity contribution in [1.82, 2.24) is 0 Å². The van der Waals surface area contributed by atoms with Crippen LogP contribution in [0.3, 0.4) is 0 Å². The molecule has 6 heteroatoms. The summed E-state index contributed by atoms with van der Waals surface area (Å²) < 4.78 is 25.8. The van der Waals surface area contributed by atoms with Crippen LogP contribution in [0.25, 0.3) is 0 Å². The number of alkyl halides is 1. The van der Waals surface area contributed by atoms with E-state index in [0.717, 1.165) is 12.1 Å². The lowest BCUT2D eigenvalue weighted by Gasteiger charge is -2.10. The van der Waals surface area contributed by atoms with Crippen LogP contribution in [0.15, 0.2) is 42.5 Å². The number of phenols is 1. The average molecular weight is 278 g/mol. The van der Waals surface area contributed by atoms with E-state index in [1.807, 2.05) is 0 Å². The number of nitrogens with one attached hydrogen (secondary N) is 2. The largest absolute Gasteiger partial charge is 0.508 e. The molecule has 0 heterocycles.